The number of ether oxygens (including phenoxy) is 1. The first-order valence-corrected chi connectivity index (χ1v) is 6.88. The van der Waals surface area contributed by atoms with E-state index in [0.29, 0.717) is 12.4 Å². The average Bonchev–Trinajstić information content (AvgIpc) is 2.23. The maximum Gasteiger partial charge on any atom is 0.319 e. The highest BCUT2D eigenvalue weighted by Gasteiger charge is 2.27. The van der Waals surface area contributed by atoms with Crippen molar-refractivity contribution in [1.29, 1.82) is 0 Å². The number of carboxylic acids is 1. The lowest BCUT2D eigenvalue weighted by atomic mass is 10.1. The van der Waals surface area contributed by atoms with Crippen LogP contribution in [-0.2, 0) is 4.79 Å². The number of carboxylic acid groups (broad SMARTS) is 1. The second kappa shape index (κ2) is 6.14. The van der Waals surface area contributed by atoms with Gasteiger partial charge in [0.25, 0.3) is 0 Å². The Labute approximate surface area is 113 Å². The number of rotatable bonds is 6. The Hall–Kier alpha value is -1.16. The fourth-order valence-electron chi connectivity index (χ4n) is 1.53. The molecule has 0 aliphatic rings. The van der Waals surface area contributed by atoms with E-state index < -0.39 is 10.7 Å². The minimum Gasteiger partial charge on any atom is -0.493 e. The minimum atomic E-state index is -0.793. The number of hydrogen-bond acceptors (Lipinski definition) is 3. The van der Waals surface area contributed by atoms with Crippen molar-refractivity contribution >= 4 is 17.7 Å². The lowest BCUT2D eigenvalue weighted by Crippen LogP contribution is -2.28. The fourth-order valence-corrected chi connectivity index (χ4v) is 2.33. The molecule has 0 fully saturated rings. The third kappa shape index (κ3) is 4.61. The van der Waals surface area contributed by atoms with Crippen LogP contribution in [-0.4, -0.2) is 28.2 Å². The zero-order chi connectivity index (χ0) is 13.8. The zero-order valence-electron chi connectivity index (χ0n) is 11.3. The smallest absolute Gasteiger partial charge is 0.319 e. The summed E-state index contributed by atoms with van der Waals surface area (Å²) in [6.45, 7) is 7.99. The van der Waals surface area contributed by atoms with E-state index in [-0.39, 0.29) is 0 Å². The fraction of sp³-hybridized carbons (Fsp3) is 0.500. The molecule has 0 aliphatic carbocycles. The minimum absolute atomic E-state index is 0.518. The van der Waals surface area contributed by atoms with Gasteiger partial charge in [-0.25, -0.2) is 0 Å². The van der Waals surface area contributed by atoms with E-state index in [4.69, 9.17) is 9.84 Å². The highest BCUT2D eigenvalue weighted by molar-refractivity contribution is 8.01. The van der Waals surface area contributed by atoms with E-state index in [1.807, 2.05) is 26.0 Å². The molecule has 1 aromatic carbocycles. The molecule has 0 unspecified atom stereocenters. The van der Waals surface area contributed by atoms with Crippen molar-refractivity contribution in [3.63, 3.8) is 0 Å². The van der Waals surface area contributed by atoms with Crippen LogP contribution in [0.1, 0.15) is 25.0 Å². The highest BCUT2D eigenvalue weighted by atomic mass is 32.2. The Bertz CT molecular complexity index is 407. The molecule has 0 amide bonds. The lowest BCUT2D eigenvalue weighted by Gasteiger charge is -2.18. The third-order valence-electron chi connectivity index (χ3n) is 2.53. The number of benzene rings is 1. The maximum absolute atomic E-state index is 10.9. The van der Waals surface area contributed by atoms with Crippen LogP contribution in [0.15, 0.2) is 18.2 Å². The molecular weight excluding hydrogens is 248 g/mol. The van der Waals surface area contributed by atoms with Gasteiger partial charge >= 0.3 is 5.97 Å². The topological polar surface area (TPSA) is 46.5 Å². The van der Waals surface area contributed by atoms with Gasteiger partial charge < -0.3 is 9.84 Å². The predicted molar refractivity (Wildman–Crippen MR) is 75.6 cm³/mol. The van der Waals surface area contributed by atoms with Crippen molar-refractivity contribution < 1.29 is 14.6 Å². The molecule has 0 bridgehead atoms. The van der Waals surface area contributed by atoms with Crippen molar-refractivity contribution in [1.82, 2.24) is 0 Å². The van der Waals surface area contributed by atoms with Crippen LogP contribution in [0.4, 0.5) is 0 Å². The summed E-state index contributed by atoms with van der Waals surface area (Å²) >= 11 is 1.39. The van der Waals surface area contributed by atoms with E-state index in [2.05, 4.69) is 6.07 Å². The molecule has 0 saturated carbocycles. The Kier molecular flexibility index (Phi) is 5.08. The molecule has 1 rings (SSSR count). The van der Waals surface area contributed by atoms with E-state index in [1.165, 1.54) is 22.9 Å². The molecule has 0 atom stereocenters. The van der Waals surface area contributed by atoms with Gasteiger partial charge in [-0.3, -0.25) is 4.79 Å². The van der Waals surface area contributed by atoms with E-state index >= 15 is 0 Å². The van der Waals surface area contributed by atoms with Gasteiger partial charge in [-0.1, -0.05) is 6.07 Å². The lowest BCUT2D eigenvalue weighted by molar-refractivity contribution is -0.138. The average molecular weight is 268 g/mol. The Morgan fingerprint density at radius 2 is 1.83 bits per heavy atom. The standard InChI is InChI=1S/C14H20O3S/c1-10-7-11(2)9-12(8-10)17-5-6-18-14(3,4)13(15)16/h7-9H,5-6H2,1-4H3,(H,15,16). The van der Waals surface area contributed by atoms with Crippen LogP contribution in [0.3, 0.4) is 0 Å². The van der Waals surface area contributed by atoms with Crippen LogP contribution in [0.5, 0.6) is 5.75 Å². The molecule has 0 heterocycles. The summed E-state index contributed by atoms with van der Waals surface area (Å²) in [5.74, 6) is 0.715. The molecule has 1 N–H and O–H groups in total. The van der Waals surface area contributed by atoms with Crippen LogP contribution in [0.2, 0.25) is 0 Å². The highest BCUT2D eigenvalue weighted by Crippen LogP contribution is 2.24. The summed E-state index contributed by atoms with van der Waals surface area (Å²) in [4.78, 5) is 10.9. The number of aryl methyl sites for hydroxylation is 2. The maximum atomic E-state index is 10.9. The van der Waals surface area contributed by atoms with Crippen molar-refractivity contribution in [2.24, 2.45) is 0 Å². The van der Waals surface area contributed by atoms with Crippen LogP contribution < -0.4 is 4.74 Å². The van der Waals surface area contributed by atoms with Gasteiger partial charge in [-0.05, 0) is 51.0 Å². The van der Waals surface area contributed by atoms with Crippen LogP contribution in [0.25, 0.3) is 0 Å². The predicted octanol–water partition coefficient (Wildman–Crippen LogP) is 3.28. The van der Waals surface area contributed by atoms with E-state index in [1.54, 1.807) is 13.8 Å². The molecular formula is C14H20O3S. The quantitative estimate of drug-likeness (QED) is 0.804. The Balaban J connectivity index is 2.40. The molecule has 0 aromatic heterocycles. The van der Waals surface area contributed by atoms with Gasteiger partial charge in [-0.15, -0.1) is 11.8 Å². The van der Waals surface area contributed by atoms with Crippen molar-refractivity contribution in [2.75, 3.05) is 12.4 Å². The first-order valence-electron chi connectivity index (χ1n) is 5.90. The van der Waals surface area contributed by atoms with Gasteiger partial charge in [0.05, 0.1) is 6.61 Å². The number of hydrogen-bond donors (Lipinski definition) is 1. The van der Waals surface area contributed by atoms with Crippen LogP contribution in [0, 0.1) is 13.8 Å². The van der Waals surface area contributed by atoms with E-state index in [0.717, 1.165) is 5.75 Å². The van der Waals surface area contributed by atoms with Gasteiger partial charge in [0.15, 0.2) is 0 Å². The molecule has 0 spiro atoms. The van der Waals surface area contributed by atoms with Crippen molar-refractivity contribution in [3.8, 4) is 5.75 Å². The largest absolute Gasteiger partial charge is 0.493 e. The van der Waals surface area contributed by atoms with Gasteiger partial charge in [0.2, 0.25) is 0 Å². The summed E-state index contributed by atoms with van der Waals surface area (Å²) in [6, 6.07) is 6.06. The normalized spacial score (nSPS) is 11.3. The number of carbonyl (C=O) groups is 1. The summed E-state index contributed by atoms with van der Waals surface area (Å²) in [5.41, 5.74) is 2.34. The summed E-state index contributed by atoms with van der Waals surface area (Å²) in [7, 11) is 0. The molecule has 0 saturated heterocycles. The zero-order valence-corrected chi connectivity index (χ0v) is 12.1. The molecule has 3 nitrogen and oxygen atoms in total. The molecule has 0 aliphatic heterocycles. The second-order valence-corrected chi connectivity index (χ2v) is 6.55. The molecule has 100 valence electrons. The first kappa shape index (κ1) is 14.9. The van der Waals surface area contributed by atoms with Crippen molar-refractivity contribution in [2.45, 2.75) is 32.4 Å². The Morgan fingerprint density at radius 3 is 2.33 bits per heavy atom. The van der Waals surface area contributed by atoms with Gasteiger partial charge in [-0.2, -0.15) is 0 Å². The van der Waals surface area contributed by atoms with E-state index in [9.17, 15) is 4.79 Å². The van der Waals surface area contributed by atoms with Crippen LogP contribution >= 0.6 is 11.8 Å². The monoisotopic (exact) mass is 268 g/mol. The number of thioether (sulfide) groups is 1. The summed E-state index contributed by atoms with van der Waals surface area (Å²) in [6.07, 6.45) is 0. The molecule has 1 aromatic rings. The molecule has 4 heteroatoms. The van der Waals surface area contributed by atoms with Gasteiger partial charge in [0.1, 0.15) is 10.5 Å². The second-order valence-electron chi connectivity index (χ2n) is 4.84. The van der Waals surface area contributed by atoms with Gasteiger partial charge in [0, 0.05) is 5.75 Å². The van der Waals surface area contributed by atoms with Crippen molar-refractivity contribution in [3.05, 3.63) is 29.3 Å². The summed E-state index contributed by atoms with van der Waals surface area (Å²) in [5, 5.41) is 8.97. The number of aliphatic carboxylic acids is 1. The first-order chi connectivity index (χ1) is 8.31. The molecule has 0 radical (unpaired) electrons. The Morgan fingerprint density at radius 1 is 1.28 bits per heavy atom. The third-order valence-corrected chi connectivity index (χ3v) is 3.79. The molecule has 18 heavy (non-hydrogen) atoms. The summed E-state index contributed by atoms with van der Waals surface area (Å²) < 4.78 is 4.87. The SMILES string of the molecule is Cc1cc(C)cc(OCCSC(C)(C)C(=O)O)c1.